The highest BCUT2D eigenvalue weighted by Crippen LogP contribution is 2.43. The van der Waals surface area contributed by atoms with E-state index in [-0.39, 0.29) is 37.8 Å². The second kappa shape index (κ2) is 15.5. The first-order valence-corrected chi connectivity index (χ1v) is 16.3. The molecule has 0 fully saturated rings. The Morgan fingerprint density at radius 3 is 2.42 bits per heavy atom. The van der Waals surface area contributed by atoms with Crippen LogP contribution in [-0.4, -0.2) is 53.8 Å². The van der Waals surface area contributed by atoms with Crippen LogP contribution >= 0.6 is 39.1 Å². The van der Waals surface area contributed by atoms with E-state index in [2.05, 4.69) is 21.2 Å². The molecule has 1 aliphatic heterocycles. The standard InChI is InChI=1S/C34H37BrCl2N2O6/c1-33(2,3)45-29(41)15-17-34(32(42)38-18-16-22-7-12-26(36)21-28(22)37)30(23-5-10-25(35)11-6-23)44-31(39-34)24-8-13-27(14-9-24)43-20-4-19-40/h5-14,21,30,40H,4,15-20H2,1-3H3,(H,38,42)/t30-,34-/m1/s1. The van der Waals surface area contributed by atoms with Crippen molar-refractivity contribution in [1.29, 1.82) is 0 Å². The summed E-state index contributed by atoms with van der Waals surface area (Å²) in [6, 6.07) is 19.9. The molecule has 0 saturated heterocycles. The fraction of sp³-hybridized carbons (Fsp3) is 0.382. The van der Waals surface area contributed by atoms with Crippen molar-refractivity contribution < 1.29 is 28.9 Å². The Morgan fingerprint density at radius 1 is 1.07 bits per heavy atom. The van der Waals surface area contributed by atoms with Crippen LogP contribution in [0.2, 0.25) is 10.0 Å². The van der Waals surface area contributed by atoms with Gasteiger partial charge < -0.3 is 24.6 Å². The van der Waals surface area contributed by atoms with Gasteiger partial charge in [-0.25, -0.2) is 4.99 Å². The molecular formula is C34H37BrCl2N2O6. The number of ether oxygens (including phenoxy) is 3. The van der Waals surface area contributed by atoms with E-state index < -0.39 is 23.2 Å². The molecule has 2 atom stereocenters. The lowest BCUT2D eigenvalue weighted by atomic mass is 9.83. The fourth-order valence-corrected chi connectivity index (χ4v) is 5.65. The monoisotopic (exact) mass is 718 g/mol. The molecule has 11 heteroatoms. The van der Waals surface area contributed by atoms with Crippen molar-refractivity contribution >= 4 is 56.9 Å². The molecule has 1 aliphatic rings. The minimum Gasteiger partial charge on any atom is -0.494 e. The van der Waals surface area contributed by atoms with Crippen LogP contribution in [0.25, 0.3) is 0 Å². The lowest BCUT2D eigenvalue weighted by Crippen LogP contribution is -2.49. The minimum atomic E-state index is -1.49. The predicted molar refractivity (Wildman–Crippen MR) is 179 cm³/mol. The smallest absolute Gasteiger partial charge is 0.306 e. The van der Waals surface area contributed by atoms with Crippen LogP contribution in [-0.2, 0) is 25.5 Å². The lowest BCUT2D eigenvalue weighted by molar-refractivity contribution is -0.155. The Kier molecular flexibility index (Phi) is 11.9. The molecule has 0 saturated carbocycles. The zero-order chi connectivity index (χ0) is 32.6. The predicted octanol–water partition coefficient (Wildman–Crippen LogP) is 7.25. The number of aliphatic hydroxyl groups is 1. The highest BCUT2D eigenvalue weighted by atomic mass is 79.9. The summed E-state index contributed by atoms with van der Waals surface area (Å²) in [7, 11) is 0. The minimum absolute atomic E-state index is 0.0420. The molecule has 1 amide bonds. The summed E-state index contributed by atoms with van der Waals surface area (Å²) in [5.74, 6) is 0.0724. The van der Waals surface area contributed by atoms with Crippen molar-refractivity contribution in [3.05, 3.63) is 97.9 Å². The second-order valence-corrected chi connectivity index (χ2v) is 13.4. The van der Waals surface area contributed by atoms with Gasteiger partial charge in [0, 0.05) is 46.1 Å². The Bertz CT molecular complexity index is 1510. The summed E-state index contributed by atoms with van der Waals surface area (Å²) in [5, 5.41) is 13.1. The summed E-state index contributed by atoms with van der Waals surface area (Å²) in [6.07, 6.45) is 0.136. The van der Waals surface area contributed by atoms with Gasteiger partial charge in [0.1, 0.15) is 11.4 Å². The number of nitrogens with one attached hydrogen (secondary N) is 1. The Morgan fingerprint density at radius 2 is 1.78 bits per heavy atom. The number of halogens is 3. The maximum atomic E-state index is 14.3. The van der Waals surface area contributed by atoms with E-state index in [1.165, 1.54) is 0 Å². The van der Waals surface area contributed by atoms with Gasteiger partial charge in [0.05, 0.1) is 6.61 Å². The van der Waals surface area contributed by atoms with Crippen LogP contribution in [0, 0.1) is 0 Å². The maximum Gasteiger partial charge on any atom is 0.306 e. The van der Waals surface area contributed by atoms with Gasteiger partial charge >= 0.3 is 5.97 Å². The first-order valence-electron chi connectivity index (χ1n) is 14.7. The quantitative estimate of drug-likeness (QED) is 0.142. The van der Waals surface area contributed by atoms with E-state index in [1.54, 1.807) is 57.2 Å². The van der Waals surface area contributed by atoms with Crippen molar-refractivity contribution in [2.24, 2.45) is 4.99 Å². The number of amides is 1. The van der Waals surface area contributed by atoms with Crippen molar-refractivity contribution in [2.45, 2.75) is 63.7 Å². The highest BCUT2D eigenvalue weighted by molar-refractivity contribution is 9.10. The van der Waals surface area contributed by atoms with Crippen molar-refractivity contribution in [2.75, 3.05) is 19.8 Å². The zero-order valence-corrected chi connectivity index (χ0v) is 28.5. The molecule has 240 valence electrons. The van der Waals surface area contributed by atoms with Crippen molar-refractivity contribution in [3.8, 4) is 5.75 Å². The number of hydrogen-bond donors (Lipinski definition) is 2. The van der Waals surface area contributed by atoms with E-state index in [9.17, 15) is 9.59 Å². The largest absolute Gasteiger partial charge is 0.494 e. The maximum absolute atomic E-state index is 14.3. The third-order valence-corrected chi connectivity index (χ3v) is 8.14. The third-order valence-electron chi connectivity index (χ3n) is 7.03. The summed E-state index contributed by atoms with van der Waals surface area (Å²) in [4.78, 5) is 32.1. The Balaban J connectivity index is 1.68. The number of aliphatic imine (C=N–C) groups is 1. The van der Waals surface area contributed by atoms with Gasteiger partial charge in [0.25, 0.3) is 5.91 Å². The van der Waals surface area contributed by atoms with Gasteiger partial charge in [0.2, 0.25) is 5.90 Å². The molecule has 4 rings (SSSR count). The molecule has 45 heavy (non-hydrogen) atoms. The summed E-state index contributed by atoms with van der Waals surface area (Å²) in [5.41, 5.74) is 0.0336. The molecule has 8 nitrogen and oxygen atoms in total. The van der Waals surface area contributed by atoms with Gasteiger partial charge in [0.15, 0.2) is 11.6 Å². The summed E-state index contributed by atoms with van der Waals surface area (Å²) >= 11 is 15.9. The van der Waals surface area contributed by atoms with Gasteiger partial charge in [-0.3, -0.25) is 9.59 Å². The molecule has 3 aromatic rings. The van der Waals surface area contributed by atoms with Crippen LogP contribution in [0.4, 0.5) is 0 Å². The fourth-order valence-electron chi connectivity index (χ4n) is 4.88. The van der Waals surface area contributed by atoms with Crippen molar-refractivity contribution in [1.82, 2.24) is 5.32 Å². The average Bonchev–Trinajstić information content (AvgIpc) is 3.38. The van der Waals surface area contributed by atoms with Gasteiger partial charge in [-0.1, -0.05) is 57.3 Å². The molecule has 2 N–H and O–H groups in total. The van der Waals surface area contributed by atoms with E-state index in [4.69, 9.17) is 47.5 Å². The Labute approximate surface area is 282 Å². The number of carbonyl (C=O) groups excluding carboxylic acids is 2. The number of esters is 1. The molecule has 0 spiro atoms. The summed E-state index contributed by atoms with van der Waals surface area (Å²) in [6.45, 7) is 6.09. The van der Waals surface area contributed by atoms with Gasteiger partial charge in [-0.15, -0.1) is 0 Å². The third kappa shape index (κ3) is 9.45. The van der Waals surface area contributed by atoms with Crippen LogP contribution in [0.3, 0.4) is 0 Å². The first-order chi connectivity index (χ1) is 21.4. The lowest BCUT2D eigenvalue weighted by Gasteiger charge is -2.31. The van der Waals surface area contributed by atoms with Gasteiger partial charge in [-0.2, -0.15) is 0 Å². The van der Waals surface area contributed by atoms with E-state index in [1.807, 2.05) is 30.3 Å². The Hall–Kier alpha value is -3.11. The topological polar surface area (TPSA) is 106 Å². The van der Waals surface area contributed by atoms with E-state index >= 15 is 0 Å². The molecule has 0 radical (unpaired) electrons. The molecule has 0 bridgehead atoms. The van der Waals surface area contributed by atoms with E-state index in [0.29, 0.717) is 40.8 Å². The zero-order valence-electron chi connectivity index (χ0n) is 25.4. The van der Waals surface area contributed by atoms with Crippen LogP contribution in [0.15, 0.2) is 76.2 Å². The van der Waals surface area contributed by atoms with E-state index in [0.717, 1.165) is 15.6 Å². The second-order valence-electron chi connectivity index (χ2n) is 11.7. The molecular weight excluding hydrogens is 683 g/mol. The van der Waals surface area contributed by atoms with Crippen LogP contribution < -0.4 is 10.1 Å². The molecule has 0 aliphatic carbocycles. The number of hydrogen-bond acceptors (Lipinski definition) is 7. The number of nitrogens with zero attached hydrogens (tertiary/aromatic N) is 1. The molecule has 0 aromatic heterocycles. The first kappa shape index (κ1) is 34.8. The average molecular weight is 720 g/mol. The molecule has 0 unspecified atom stereocenters. The number of aliphatic hydroxyl groups excluding tert-OH is 1. The molecule has 1 heterocycles. The number of rotatable bonds is 13. The molecule has 3 aromatic carbocycles. The normalized spacial score (nSPS) is 17.8. The number of carbonyl (C=O) groups is 2. The van der Waals surface area contributed by atoms with Crippen LogP contribution in [0.1, 0.15) is 62.8 Å². The SMILES string of the molecule is CC(C)(C)OC(=O)CC[C@@]1(C(=O)NCCc2ccc(Cl)cc2Cl)N=C(c2ccc(OCCCO)cc2)O[C@@H]1c1ccc(Br)cc1. The number of benzene rings is 3. The van der Waals surface area contributed by atoms with Crippen molar-refractivity contribution in [3.63, 3.8) is 0 Å². The van der Waals surface area contributed by atoms with Crippen LogP contribution in [0.5, 0.6) is 5.75 Å². The summed E-state index contributed by atoms with van der Waals surface area (Å²) < 4.78 is 18.6. The highest BCUT2D eigenvalue weighted by Gasteiger charge is 2.53. The van der Waals surface area contributed by atoms with Gasteiger partial charge in [-0.05, 0) is 93.3 Å².